The van der Waals surface area contributed by atoms with Gasteiger partial charge in [0.15, 0.2) is 9.84 Å². The van der Waals surface area contributed by atoms with Crippen molar-refractivity contribution < 1.29 is 23.2 Å². The van der Waals surface area contributed by atoms with Crippen molar-refractivity contribution >= 4 is 21.4 Å². The third-order valence-corrected chi connectivity index (χ3v) is 5.44. The Morgan fingerprint density at radius 2 is 1.81 bits per heavy atom. The number of aryl methyl sites for hydroxylation is 1. The van der Waals surface area contributed by atoms with E-state index in [0.29, 0.717) is 0 Å². The Kier molecular flexibility index (Phi) is 5.93. The van der Waals surface area contributed by atoms with Crippen molar-refractivity contribution in [2.45, 2.75) is 24.8 Å². The van der Waals surface area contributed by atoms with Gasteiger partial charge in [0.2, 0.25) is 5.91 Å². The number of hydrogen-bond acceptors (Lipinski definition) is 6. The van der Waals surface area contributed by atoms with Crippen molar-refractivity contribution in [2.75, 3.05) is 5.75 Å². The van der Waals surface area contributed by atoms with Gasteiger partial charge in [-0.15, -0.1) is 5.75 Å². The molecule has 0 bridgehead atoms. The summed E-state index contributed by atoms with van der Waals surface area (Å²) in [5.74, 6) is -1.38. The van der Waals surface area contributed by atoms with E-state index in [4.69, 9.17) is 0 Å². The fraction of sp³-hybridized carbons (Fsp3) is 0.235. The number of hydrogen-bond donors (Lipinski definition) is 1. The van der Waals surface area contributed by atoms with E-state index in [1.165, 1.54) is 12.1 Å². The van der Waals surface area contributed by atoms with Crippen molar-refractivity contribution in [1.29, 1.82) is 0 Å². The molecule has 0 unspecified atom stereocenters. The molecule has 1 N–H and O–H groups in total. The molecular weight excluding hydrogens is 360 g/mol. The highest BCUT2D eigenvalue weighted by Gasteiger charge is 2.16. The Morgan fingerprint density at radius 3 is 2.42 bits per heavy atom. The van der Waals surface area contributed by atoms with Crippen LogP contribution in [0.4, 0.5) is 5.69 Å². The van der Waals surface area contributed by atoms with Gasteiger partial charge in [-0.25, -0.2) is 8.42 Å². The second-order valence-corrected chi connectivity index (χ2v) is 7.82. The number of benzene rings is 2. The summed E-state index contributed by atoms with van der Waals surface area (Å²) in [6.45, 7) is 1.63. The van der Waals surface area contributed by atoms with Gasteiger partial charge >= 0.3 is 0 Å². The van der Waals surface area contributed by atoms with E-state index >= 15 is 0 Å². The zero-order chi connectivity index (χ0) is 19.3. The molecule has 0 fully saturated rings. The van der Waals surface area contributed by atoms with Crippen LogP contribution in [0.15, 0.2) is 47.4 Å². The zero-order valence-corrected chi connectivity index (χ0v) is 14.8. The minimum atomic E-state index is -3.59. The van der Waals surface area contributed by atoms with Gasteiger partial charge in [0, 0.05) is 25.1 Å². The molecule has 2 rings (SSSR count). The first-order valence-corrected chi connectivity index (χ1v) is 9.35. The standard InChI is InChI=1S/C17H18N2O6S/c1-12-2-5-15(6-3-12)26(24,25)9-8-17(21)18-11-13-10-14(19(22)23)4-7-16(13)20/h2-7,10,20H,8-9,11H2,1H3,(H,18,21)/p-1. The van der Waals surface area contributed by atoms with Crippen LogP contribution in [0.1, 0.15) is 17.5 Å². The fourth-order valence-corrected chi connectivity index (χ4v) is 3.43. The van der Waals surface area contributed by atoms with E-state index in [1.807, 2.05) is 6.92 Å². The van der Waals surface area contributed by atoms with Crippen LogP contribution < -0.4 is 10.4 Å². The lowest BCUT2D eigenvalue weighted by Gasteiger charge is -2.13. The minimum Gasteiger partial charge on any atom is -0.872 e. The number of sulfone groups is 1. The number of non-ortho nitro benzene ring substituents is 1. The smallest absolute Gasteiger partial charge is 0.269 e. The first-order valence-electron chi connectivity index (χ1n) is 7.69. The first-order chi connectivity index (χ1) is 12.2. The van der Waals surface area contributed by atoms with Crippen LogP contribution in [0.5, 0.6) is 5.75 Å². The molecule has 0 atom stereocenters. The maximum atomic E-state index is 12.2. The molecule has 0 aliphatic heterocycles. The molecule has 2 aromatic rings. The number of nitro groups is 1. The summed E-state index contributed by atoms with van der Waals surface area (Å²) in [5.41, 5.74) is 0.733. The highest BCUT2D eigenvalue weighted by atomic mass is 32.2. The van der Waals surface area contributed by atoms with Gasteiger partial charge in [-0.2, -0.15) is 0 Å². The summed E-state index contributed by atoms with van der Waals surface area (Å²) in [4.78, 5) is 22.1. The summed E-state index contributed by atoms with van der Waals surface area (Å²) in [6.07, 6.45) is -0.278. The molecule has 0 spiro atoms. The molecule has 138 valence electrons. The number of nitrogens with one attached hydrogen (secondary N) is 1. The molecule has 0 radical (unpaired) electrons. The van der Waals surface area contributed by atoms with E-state index in [-0.39, 0.29) is 34.9 Å². The monoisotopic (exact) mass is 377 g/mol. The van der Waals surface area contributed by atoms with Gasteiger partial charge in [-0.05, 0) is 24.6 Å². The molecule has 0 heterocycles. The van der Waals surface area contributed by atoms with Gasteiger partial charge in [0.05, 0.1) is 15.6 Å². The molecule has 2 aromatic carbocycles. The second kappa shape index (κ2) is 7.96. The Labute approximate surface area is 150 Å². The quantitative estimate of drug-likeness (QED) is 0.574. The lowest BCUT2D eigenvalue weighted by Crippen LogP contribution is -2.25. The second-order valence-electron chi connectivity index (χ2n) is 5.71. The molecule has 0 aliphatic carbocycles. The molecule has 26 heavy (non-hydrogen) atoms. The van der Waals surface area contributed by atoms with Crippen LogP contribution in [0.3, 0.4) is 0 Å². The van der Waals surface area contributed by atoms with Gasteiger partial charge in [-0.3, -0.25) is 14.9 Å². The van der Waals surface area contributed by atoms with Crippen LogP contribution >= 0.6 is 0 Å². The van der Waals surface area contributed by atoms with Crippen molar-refractivity contribution in [3.63, 3.8) is 0 Å². The number of amides is 1. The highest BCUT2D eigenvalue weighted by Crippen LogP contribution is 2.20. The lowest BCUT2D eigenvalue weighted by molar-refractivity contribution is -0.385. The predicted octanol–water partition coefficient (Wildman–Crippen LogP) is 1.46. The third-order valence-electron chi connectivity index (χ3n) is 3.71. The average Bonchev–Trinajstić information content (AvgIpc) is 2.59. The molecule has 0 saturated carbocycles. The maximum absolute atomic E-state index is 12.2. The average molecular weight is 377 g/mol. The minimum absolute atomic E-state index is 0.0638. The van der Waals surface area contributed by atoms with Crippen LogP contribution in [-0.2, 0) is 21.2 Å². The summed E-state index contributed by atoms with van der Waals surface area (Å²) in [6, 6.07) is 9.54. The third kappa shape index (κ3) is 5.03. The summed E-state index contributed by atoms with van der Waals surface area (Å²) in [7, 11) is -3.59. The van der Waals surface area contributed by atoms with Gasteiger partial charge < -0.3 is 10.4 Å². The van der Waals surface area contributed by atoms with Crippen LogP contribution in [0.2, 0.25) is 0 Å². The van der Waals surface area contributed by atoms with Gasteiger partial charge in [-0.1, -0.05) is 23.8 Å². The lowest BCUT2D eigenvalue weighted by atomic mass is 10.1. The summed E-state index contributed by atoms with van der Waals surface area (Å²) < 4.78 is 24.4. The topological polar surface area (TPSA) is 129 Å². The summed E-state index contributed by atoms with van der Waals surface area (Å²) >= 11 is 0. The van der Waals surface area contributed by atoms with Gasteiger partial charge in [0.25, 0.3) is 5.69 Å². The zero-order valence-electron chi connectivity index (χ0n) is 14.0. The Morgan fingerprint density at radius 1 is 1.15 bits per heavy atom. The number of rotatable bonds is 7. The van der Waals surface area contributed by atoms with Crippen LogP contribution in [-0.4, -0.2) is 25.0 Å². The number of nitro benzene ring substituents is 1. The number of carbonyl (C=O) groups is 1. The number of nitrogens with zero attached hydrogens (tertiary/aromatic N) is 1. The predicted molar refractivity (Wildman–Crippen MR) is 92.2 cm³/mol. The molecule has 9 heteroatoms. The molecule has 0 saturated heterocycles. The molecule has 0 aromatic heterocycles. The largest absolute Gasteiger partial charge is 0.872 e. The van der Waals surface area contributed by atoms with Crippen LogP contribution in [0, 0.1) is 17.0 Å². The highest BCUT2D eigenvalue weighted by molar-refractivity contribution is 7.91. The maximum Gasteiger partial charge on any atom is 0.269 e. The molecule has 1 amide bonds. The molecule has 8 nitrogen and oxygen atoms in total. The van der Waals surface area contributed by atoms with Crippen molar-refractivity contribution in [3.8, 4) is 5.75 Å². The van der Waals surface area contributed by atoms with E-state index in [2.05, 4.69) is 5.32 Å². The van der Waals surface area contributed by atoms with Gasteiger partial charge in [0.1, 0.15) is 0 Å². The summed E-state index contributed by atoms with van der Waals surface area (Å²) in [5, 5.41) is 24.8. The van der Waals surface area contributed by atoms with Crippen molar-refractivity contribution in [1.82, 2.24) is 5.32 Å². The Balaban J connectivity index is 1.94. The van der Waals surface area contributed by atoms with E-state index in [0.717, 1.165) is 23.8 Å². The number of carbonyl (C=O) groups excluding carboxylic acids is 1. The van der Waals surface area contributed by atoms with E-state index in [1.54, 1.807) is 12.1 Å². The first kappa shape index (κ1) is 19.4. The van der Waals surface area contributed by atoms with Crippen molar-refractivity contribution in [3.05, 3.63) is 63.7 Å². The van der Waals surface area contributed by atoms with E-state index < -0.39 is 26.4 Å². The SMILES string of the molecule is Cc1ccc(S(=O)(=O)CCC(=O)NCc2cc([N+](=O)[O-])ccc2[O-])cc1. The Bertz CT molecular complexity index is 923. The fourth-order valence-electron chi connectivity index (χ4n) is 2.19. The molecule has 0 aliphatic rings. The normalized spacial score (nSPS) is 11.1. The van der Waals surface area contributed by atoms with E-state index in [9.17, 15) is 28.4 Å². The van der Waals surface area contributed by atoms with Crippen molar-refractivity contribution in [2.24, 2.45) is 0 Å². The molecular formula is C17H17N2O6S-. The van der Waals surface area contributed by atoms with Crippen LogP contribution in [0.25, 0.3) is 0 Å². The Hall–Kier alpha value is -2.94.